The number of aliphatic hydroxyl groups is 1. The standard InChI is InChI=1S/C35H64O3Si/c1-24(2)17-14-18-25(3)19-15-20-26(4)21-16-22-35(11)31(36)23-30-29(7)32(27(5)28(6)33(30)37-35)38-39(12,13)34(8,9)10/h24-26,31,36H,14-23H2,1-13H3/t25-,26-,31+,35-/m1/s1. The molecular formula is C35H64O3Si. The van der Waals surface area contributed by atoms with Crippen molar-refractivity contribution in [3.8, 4) is 11.5 Å². The summed E-state index contributed by atoms with van der Waals surface area (Å²) in [5.74, 6) is 4.41. The van der Waals surface area contributed by atoms with Crippen LogP contribution in [0, 0.1) is 38.5 Å². The summed E-state index contributed by atoms with van der Waals surface area (Å²) < 4.78 is 13.6. The van der Waals surface area contributed by atoms with Crippen LogP contribution in [0.1, 0.15) is 135 Å². The second-order valence-corrected chi connectivity index (χ2v) is 20.1. The van der Waals surface area contributed by atoms with Crippen molar-refractivity contribution in [3.63, 3.8) is 0 Å². The van der Waals surface area contributed by atoms with Crippen molar-refractivity contribution >= 4 is 8.32 Å². The van der Waals surface area contributed by atoms with Crippen LogP contribution in [0.25, 0.3) is 0 Å². The molecule has 0 aliphatic carbocycles. The van der Waals surface area contributed by atoms with Gasteiger partial charge in [-0.05, 0) is 93.1 Å². The molecule has 0 saturated carbocycles. The van der Waals surface area contributed by atoms with E-state index in [9.17, 15) is 5.11 Å². The van der Waals surface area contributed by atoms with Gasteiger partial charge in [-0.3, -0.25) is 0 Å². The molecule has 1 aromatic rings. The van der Waals surface area contributed by atoms with Crippen molar-refractivity contribution in [2.75, 3.05) is 0 Å². The monoisotopic (exact) mass is 560 g/mol. The Hall–Kier alpha value is -1.00. The predicted octanol–water partition coefficient (Wildman–Crippen LogP) is 10.5. The number of hydrogen-bond acceptors (Lipinski definition) is 3. The summed E-state index contributed by atoms with van der Waals surface area (Å²) in [6.45, 7) is 29.5. The summed E-state index contributed by atoms with van der Waals surface area (Å²) in [6.07, 6.45) is 11.4. The molecular weight excluding hydrogens is 496 g/mol. The van der Waals surface area contributed by atoms with E-state index in [-0.39, 0.29) is 5.04 Å². The summed E-state index contributed by atoms with van der Waals surface area (Å²) in [5, 5.41) is 11.5. The van der Waals surface area contributed by atoms with Crippen LogP contribution in [0.3, 0.4) is 0 Å². The van der Waals surface area contributed by atoms with Gasteiger partial charge < -0.3 is 14.3 Å². The zero-order valence-corrected chi connectivity index (χ0v) is 29.1. The first-order chi connectivity index (χ1) is 17.9. The van der Waals surface area contributed by atoms with Gasteiger partial charge in [0.15, 0.2) is 0 Å². The highest BCUT2D eigenvalue weighted by Gasteiger charge is 2.43. The molecule has 4 atom stereocenters. The number of rotatable bonds is 14. The van der Waals surface area contributed by atoms with Crippen LogP contribution >= 0.6 is 0 Å². The molecule has 39 heavy (non-hydrogen) atoms. The fraction of sp³-hybridized carbons (Fsp3) is 0.829. The highest BCUT2D eigenvalue weighted by molar-refractivity contribution is 6.74. The van der Waals surface area contributed by atoms with Crippen LogP contribution in [0.5, 0.6) is 11.5 Å². The van der Waals surface area contributed by atoms with Gasteiger partial charge in [0.2, 0.25) is 0 Å². The normalized spacial score (nSPS) is 21.5. The van der Waals surface area contributed by atoms with E-state index in [1.54, 1.807) is 0 Å². The molecule has 3 nitrogen and oxygen atoms in total. The van der Waals surface area contributed by atoms with Crippen LogP contribution in [-0.2, 0) is 6.42 Å². The Morgan fingerprint density at radius 2 is 1.38 bits per heavy atom. The van der Waals surface area contributed by atoms with E-state index in [0.29, 0.717) is 6.42 Å². The Morgan fingerprint density at radius 3 is 1.90 bits per heavy atom. The van der Waals surface area contributed by atoms with Crippen molar-refractivity contribution in [3.05, 3.63) is 22.3 Å². The van der Waals surface area contributed by atoms with E-state index in [4.69, 9.17) is 9.16 Å². The number of aliphatic hydroxyl groups excluding tert-OH is 1. The molecule has 0 spiro atoms. The van der Waals surface area contributed by atoms with Crippen molar-refractivity contribution < 1.29 is 14.3 Å². The zero-order chi connectivity index (χ0) is 29.8. The number of fused-ring (bicyclic) bond motifs is 1. The van der Waals surface area contributed by atoms with Crippen LogP contribution in [0.15, 0.2) is 0 Å². The largest absolute Gasteiger partial charge is 0.543 e. The van der Waals surface area contributed by atoms with E-state index in [2.05, 4.69) is 89.3 Å². The topological polar surface area (TPSA) is 38.7 Å². The van der Waals surface area contributed by atoms with Gasteiger partial charge in [0.25, 0.3) is 8.32 Å². The van der Waals surface area contributed by atoms with Gasteiger partial charge in [-0.1, -0.05) is 93.4 Å². The fourth-order valence-electron chi connectivity index (χ4n) is 5.81. The number of hydrogen-bond donors (Lipinski definition) is 1. The third kappa shape index (κ3) is 8.99. The first kappa shape index (κ1) is 34.2. The molecule has 1 aliphatic heterocycles. The molecule has 0 fully saturated rings. The summed E-state index contributed by atoms with van der Waals surface area (Å²) in [5.41, 5.74) is 4.09. The highest BCUT2D eigenvalue weighted by atomic mass is 28.4. The average molecular weight is 561 g/mol. The smallest absolute Gasteiger partial charge is 0.250 e. The van der Waals surface area contributed by atoms with Crippen LogP contribution in [0.2, 0.25) is 18.1 Å². The lowest BCUT2D eigenvalue weighted by molar-refractivity contribution is -0.0617. The summed E-state index contributed by atoms with van der Waals surface area (Å²) in [6, 6.07) is 0. The van der Waals surface area contributed by atoms with Gasteiger partial charge in [-0.25, -0.2) is 0 Å². The van der Waals surface area contributed by atoms with E-state index >= 15 is 0 Å². The van der Waals surface area contributed by atoms with Crippen LogP contribution < -0.4 is 9.16 Å². The molecule has 226 valence electrons. The molecule has 1 N–H and O–H groups in total. The first-order valence-electron chi connectivity index (χ1n) is 16.1. The maximum Gasteiger partial charge on any atom is 0.250 e. The molecule has 0 radical (unpaired) electrons. The maximum atomic E-state index is 11.3. The van der Waals surface area contributed by atoms with Gasteiger partial charge >= 0.3 is 0 Å². The van der Waals surface area contributed by atoms with Crippen molar-refractivity contribution in [1.82, 2.24) is 0 Å². The van der Waals surface area contributed by atoms with Crippen molar-refractivity contribution in [2.45, 2.75) is 170 Å². The average Bonchev–Trinajstić information content (AvgIpc) is 2.81. The molecule has 1 aliphatic rings. The molecule has 0 amide bonds. The fourth-order valence-corrected chi connectivity index (χ4v) is 6.93. The lowest BCUT2D eigenvalue weighted by Crippen LogP contribution is -2.49. The highest BCUT2D eigenvalue weighted by Crippen LogP contribution is 2.47. The minimum atomic E-state index is -1.98. The molecule has 0 saturated heterocycles. The number of benzene rings is 1. The summed E-state index contributed by atoms with van der Waals surface area (Å²) in [4.78, 5) is 0. The third-order valence-corrected chi connectivity index (χ3v) is 14.5. The predicted molar refractivity (Wildman–Crippen MR) is 172 cm³/mol. The Bertz CT molecular complexity index is 929. The third-order valence-electron chi connectivity index (χ3n) is 10.2. The lowest BCUT2D eigenvalue weighted by Gasteiger charge is -2.43. The van der Waals surface area contributed by atoms with Crippen molar-refractivity contribution in [2.24, 2.45) is 17.8 Å². The minimum Gasteiger partial charge on any atom is -0.543 e. The summed E-state index contributed by atoms with van der Waals surface area (Å²) in [7, 11) is -1.98. The SMILES string of the molecule is Cc1c(C)c2c(c(C)c1O[Si](C)(C)C(C)(C)C)C[C@H](O)[C@@](C)(CCC[C@H](C)CCC[C@H](C)CCCC(C)C)O2. The van der Waals surface area contributed by atoms with Gasteiger partial charge in [-0.2, -0.15) is 0 Å². The maximum absolute atomic E-state index is 11.3. The Balaban J connectivity index is 1.99. The second-order valence-electron chi connectivity index (χ2n) is 15.4. The van der Waals surface area contributed by atoms with Gasteiger partial charge in [-0.15, -0.1) is 0 Å². The summed E-state index contributed by atoms with van der Waals surface area (Å²) >= 11 is 0. The Morgan fingerprint density at radius 1 is 0.872 bits per heavy atom. The molecule has 2 rings (SSSR count). The molecule has 1 aromatic carbocycles. The lowest BCUT2D eigenvalue weighted by atomic mass is 9.81. The molecule has 1 heterocycles. The molecule has 4 heteroatoms. The number of ether oxygens (including phenoxy) is 1. The van der Waals surface area contributed by atoms with E-state index in [1.807, 2.05) is 0 Å². The zero-order valence-electron chi connectivity index (χ0n) is 28.1. The van der Waals surface area contributed by atoms with E-state index in [1.165, 1.54) is 56.1 Å². The van der Waals surface area contributed by atoms with Gasteiger partial charge in [0.05, 0.1) is 6.10 Å². The first-order valence-corrected chi connectivity index (χ1v) is 19.0. The van der Waals surface area contributed by atoms with Gasteiger partial charge in [0, 0.05) is 12.0 Å². The molecule has 0 bridgehead atoms. The van der Waals surface area contributed by atoms with E-state index < -0.39 is 20.0 Å². The van der Waals surface area contributed by atoms with Gasteiger partial charge in [0.1, 0.15) is 17.1 Å². The quantitative estimate of drug-likeness (QED) is 0.230. The van der Waals surface area contributed by atoms with E-state index in [0.717, 1.165) is 53.2 Å². The molecule has 0 aromatic heterocycles. The molecule has 0 unspecified atom stereocenters. The minimum absolute atomic E-state index is 0.132. The Kier molecular flexibility index (Phi) is 12.1. The van der Waals surface area contributed by atoms with Crippen LogP contribution in [-0.4, -0.2) is 25.1 Å². The van der Waals surface area contributed by atoms with Crippen molar-refractivity contribution in [1.29, 1.82) is 0 Å². The van der Waals surface area contributed by atoms with Crippen LogP contribution in [0.4, 0.5) is 0 Å². The second kappa shape index (κ2) is 13.8. The Labute approximate surface area is 244 Å².